The normalized spacial score (nSPS) is 24.1. The molecule has 1 aliphatic heterocycles. The summed E-state index contributed by atoms with van der Waals surface area (Å²) in [4.78, 5) is 2.60. The molecule has 1 unspecified atom stereocenters. The predicted octanol–water partition coefficient (Wildman–Crippen LogP) is 9.43. The van der Waals surface area contributed by atoms with Crippen LogP contribution in [0.3, 0.4) is 0 Å². The first-order chi connectivity index (χ1) is 19.6. The van der Waals surface area contributed by atoms with E-state index in [2.05, 4.69) is 66.5 Å². The molecule has 5 aliphatic rings. The number of methoxy groups -OCH3 is 2. The highest BCUT2D eigenvalue weighted by Gasteiger charge is 2.48. The Labute approximate surface area is 243 Å². The van der Waals surface area contributed by atoms with E-state index in [4.69, 9.17) is 9.47 Å². The summed E-state index contributed by atoms with van der Waals surface area (Å²) < 4.78 is 11.1. The number of hydrogen-bond acceptors (Lipinski definition) is 3. The average Bonchev–Trinajstić information content (AvgIpc) is 3.02. The Kier molecular flexibility index (Phi) is 9.53. The van der Waals surface area contributed by atoms with Crippen LogP contribution in [-0.2, 0) is 9.47 Å². The molecule has 6 rings (SSSR count). The fraction of sp³-hybridized carbons (Fsp3) is 0.568. The maximum atomic E-state index is 5.53. The van der Waals surface area contributed by atoms with Gasteiger partial charge in [0.15, 0.2) is 6.29 Å². The van der Waals surface area contributed by atoms with Crippen LogP contribution in [-0.4, -0.2) is 33.6 Å². The van der Waals surface area contributed by atoms with Crippen molar-refractivity contribution < 1.29 is 9.47 Å². The zero-order valence-electron chi connectivity index (χ0n) is 25.7. The van der Waals surface area contributed by atoms with Gasteiger partial charge in [-0.3, -0.25) is 0 Å². The molecule has 1 aromatic rings. The van der Waals surface area contributed by atoms with Crippen molar-refractivity contribution >= 4 is 11.3 Å². The minimum atomic E-state index is -0.0347. The third-order valence-electron chi connectivity index (χ3n) is 10.1. The van der Waals surface area contributed by atoms with Crippen LogP contribution in [0.1, 0.15) is 90.5 Å². The third-order valence-corrected chi connectivity index (χ3v) is 10.1. The van der Waals surface area contributed by atoms with Crippen LogP contribution in [0.2, 0.25) is 0 Å². The van der Waals surface area contributed by atoms with Crippen LogP contribution in [0.15, 0.2) is 76.9 Å². The van der Waals surface area contributed by atoms with Crippen LogP contribution < -0.4 is 4.90 Å². The second-order valence-corrected chi connectivity index (χ2v) is 12.3. The Morgan fingerprint density at radius 2 is 1.68 bits per heavy atom. The van der Waals surface area contributed by atoms with Gasteiger partial charge in [0.2, 0.25) is 0 Å². The van der Waals surface area contributed by atoms with E-state index < -0.39 is 0 Å². The average molecular weight is 542 g/mol. The summed E-state index contributed by atoms with van der Waals surface area (Å²) in [5.41, 5.74) is 10.9. The molecule has 0 aromatic heterocycles. The predicted molar refractivity (Wildman–Crippen MR) is 169 cm³/mol. The fourth-order valence-corrected chi connectivity index (χ4v) is 7.85. The SMILES string of the molecule is CC.CCC1C=CC2=C(CCC(C3=CCCC=C3)=C2c2ccc(N3CCC4(CC3)CC(C(OC)OC)C4)cc2)C1. The minimum absolute atomic E-state index is 0.0347. The summed E-state index contributed by atoms with van der Waals surface area (Å²) in [6.45, 7) is 8.63. The minimum Gasteiger partial charge on any atom is -0.371 e. The Balaban J connectivity index is 0.00000158. The monoisotopic (exact) mass is 541 g/mol. The number of nitrogens with zero attached hydrogens (tertiary/aromatic N) is 1. The zero-order chi connectivity index (χ0) is 28.1. The van der Waals surface area contributed by atoms with Gasteiger partial charge in [-0.25, -0.2) is 0 Å². The molecule has 1 aromatic carbocycles. The molecular formula is C37H51NO2. The van der Waals surface area contributed by atoms with Gasteiger partial charge in [0, 0.05) is 38.9 Å². The molecule has 1 atom stereocenters. The molecule has 1 saturated carbocycles. The maximum Gasteiger partial charge on any atom is 0.159 e. The molecule has 3 heteroatoms. The van der Waals surface area contributed by atoms with Crippen LogP contribution in [0.5, 0.6) is 0 Å². The van der Waals surface area contributed by atoms with Crippen molar-refractivity contribution in [2.75, 3.05) is 32.2 Å². The van der Waals surface area contributed by atoms with E-state index in [1.165, 1.54) is 85.8 Å². The first-order valence-electron chi connectivity index (χ1n) is 16.0. The van der Waals surface area contributed by atoms with Gasteiger partial charge >= 0.3 is 0 Å². The van der Waals surface area contributed by atoms with E-state index in [9.17, 15) is 0 Å². The van der Waals surface area contributed by atoms with Crippen molar-refractivity contribution in [2.24, 2.45) is 17.3 Å². The van der Waals surface area contributed by atoms with E-state index in [0.29, 0.717) is 17.3 Å². The molecule has 1 heterocycles. The van der Waals surface area contributed by atoms with Gasteiger partial charge in [0.25, 0.3) is 0 Å². The number of benzene rings is 1. The third kappa shape index (κ3) is 5.83. The van der Waals surface area contributed by atoms with E-state index in [1.54, 1.807) is 25.4 Å². The molecule has 40 heavy (non-hydrogen) atoms. The second-order valence-electron chi connectivity index (χ2n) is 12.3. The smallest absolute Gasteiger partial charge is 0.159 e. The Hall–Kier alpha value is -2.36. The van der Waals surface area contributed by atoms with Crippen molar-refractivity contribution in [3.05, 3.63) is 82.5 Å². The summed E-state index contributed by atoms with van der Waals surface area (Å²) in [5.74, 6) is 1.26. The van der Waals surface area contributed by atoms with E-state index >= 15 is 0 Å². The van der Waals surface area contributed by atoms with Gasteiger partial charge in [0.05, 0.1) is 0 Å². The number of hydrogen-bond donors (Lipinski definition) is 0. The fourth-order valence-electron chi connectivity index (χ4n) is 7.85. The maximum absolute atomic E-state index is 5.53. The summed E-state index contributed by atoms with van der Waals surface area (Å²) in [6, 6.07) is 9.57. The number of allylic oxidation sites excluding steroid dienone is 10. The van der Waals surface area contributed by atoms with E-state index in [0.717, 1.165) is 19.5 Å². The van der Waals surface area contributed by atoms with Crippen LogP contribution in [0.25, 0.3) is 5.57 Å². The Bertz CT molecular complexity index is 1160. The van der Waals surface area contributed by atoms with E-state index in [1.807, 2.05) is 13.8 Å². The largest absolute Gasteiger partial charge is 0.371 e. The molecule has 2 fully saturated rings. The highest BCUT2D eigenvalue weighted by molar-refractivity contribution is 5.89. The topological polar surface area (TPSA) is 21.7 Å². The molecule has 0 amide bonds. The number of anilines is 1. The van der Waals surface area contributed by atoms with Crippen LogP contribution in [0, 0.1) is 17.3 Å². The Morgan fingerprint density at radius 1 is 0.950 bits per heavy atom. The number of ether oxygens (including phenoxy) is 2. The lowest BCUT2D eigenvalue weighted by atomic mass is 9.57. The molecule has 4 aliphatic carbocycles. The van der Waals surface area contributed by atoms with Crippen molar-refractivity contribution in [1.82, 2.24) is 0 Å². The molecule has 0 bridgehead atoms. The molecule has 0 radical (unpaired) electrons. The molecular weight excluding hydrogens is 490 g/mol. The lowest BCUT2D eigenvalue weighted by molar-refractivity contribution is -0.184. The molecule has 1 spiro atoms. The highest BCUT2D eigenvalue weighted by Crippen LogP contribution is 2.54. The first-order valence-corrected chi connectivity index (χ1v) is 16.0. The highest BCUT2D eigenvalue weighted by atomic mass is 16.7. The van der Waals surface area contributed by atoms with Gasteiger partial charge in [-0.1, -0.05) is 68.9 Å². The van der Waals surface area contributed by atoms with E-state index in [-0.39, 0.29) is 6.29 Å². The molecule has 3 nitrogen and oxygen atoms in total. The number of piperidine rings is 1. The van der Waals surface area contributed by atoms with Crippen molar-refractivity contribution in [3.63, 3.8) is 0 Å². The molecule has 1 saturated heterocycles. The van der Waals surface area contributed by atoms with Crippen molar-refractivity contribution in [1.29, 1.82) is 0 Å². The molecule has 216 valence electrons. The lowest BCUT2D eigenvalue weighted by Gasteiger charge is -2.54. The van der Waals surface area contributed by atoms with Crippen molar-refractivity contribution in [3.8, 4) is 0 Å². The van der Waals surface area contributed by atoms with Gasteiger partial charge in [-0.05, 0) is 116 Å². The lowest BCUT2D eigenvalue weighted by Crippen LogP contribution is -2.50. The van der Waals surface area contributed by atoms with Crippen LogP contribution >= 0.6 is 0 Å². The quantitative estimate of drug-likeness (QED) is 0.321. The summed E-state index contributed by atoms with van der Waals surface area (Å²) in [6.07, 6.45) is 24.3. The summed E-state index contributed by atoms with van der Waals surface area (Å²) in [5, 5.41) is 0. The second kappa shape index (κ2) is 13.1. The van der Waals surface area contributed by atoms with Crippen molar-refractivity contribution in [2.45, 2.75) is 91.3 Å². The standard InChI is InChI=1S/C35H45NO2.C2H6/c1-4-25-10-16-32-28(22-25)13-17-31(26-8-6-5-7-9-26)33(32)27-11-14-30(15-12-27)36-20-18-35(19-21-36)23-29(24-35)34(37-2)38-3;1-2/h6,8-12,14-16,25,29,34H,4-5,7,13,17-24H2,1-3H3;1-2H3. The Morgan fingerprint density at radius 3 is 2.30 bits per heavy atom. The number of rotatable bonds is 7. The summed E-state index contributed by atoms with van der Waals surface area (Å²) >= 11 is 0. The first kappa shape index (κ1) is 29.1. The van der Waals surface area contributed by atoms with Gasteiger partial charge in [0.1, 0.15) is 0 Å². The summed E-state index contributed by atoms with van der Waals surface area (Å²) in [7, 11) is 3.54. The van der Waals surface area contributed by atoms with Gasteiger partial charge < -0.3 is 14.4 Å². The van der Waals surface area contributed by atoms with Crippen LogP contribution in [0.4, 0.5) is 5.69 Å². The molecule has 0 N–H and O–H groups in total. The van der Waals surface area contributed by atoms with Gasteiger partial charge in [-0.15, -0.1) is 0 Å². The zero-order valence-corrected chi connectivity index (χ0v) is 25.7. The van der Waals surface area contributed by atoms with Gasteiger partial charge in [-0.2, -0.15) is 0 Å².